The van der Waals surface area contributed by atoms with Crippen LogP contribution in [0, 0.1) is 11.6 Å². The van der Waals surface area contributed by atoms with E-state index in [2.05, 4.69) is 5.32 Å². The minimum atomic E-state index is -0.910. The molecule has 0 aliphatic carbocycles. The lowest BCUT2D eigenvalue weighted by molar-refractivity contribution is 0.510. The van der Waals surface area contributed by atoms with E-state index < -0.39 is 11.6 Å². The molecule has 1 atom stereocenters. The van der Waals surface area contributed by atoms with Crippen LogP contribution < -0.4 is 5.32 Å². The van der Waals surface area contributed by atoms with Gasteiger partial charge in [-0.2, -0.15) is 0 Å². The van der Waals surface area contributed by atoms with E-state index in [1.54, 1.807) is 25.1 Å². The lowest BCUT2D eigenvalue weighted by atomic mass is 10.1. The number of benzene rings is 2. The maximum absolute atomic E-state index is 13.6. The highest BCUT2D eigenvalue weighted by atomic mass is 35.5. The summed E-state index contributed by atoms with van der Waals surface area (Å²) in [5.74, 6) is -1.80. The van der Waals surface area contributed by atoms with Crippen molar-refractivity contribution in [2.24, 2.45) is 0 Å². The first-order valence-electron chi connectivity index (χ1n) is 5.65. The van der Waals surface area contributed by atoms with E-state index in [4.69, 9.17) is 23.2 Å². The Morgan fingerprint density at radius 1 is 1.05 bits per heavy atom. The summed E-state index contributed by atoms with van der Waals surface area (Å²) in [5, 5.41) is 3.70. The molecule has 0 spiro atoms. The molecule has 0 radical (unpaired) electrons. The quantitative estimate of drug-likeness (QED) is 0.795. The lowest BCUT2D eigenvalue weighted by Crippen LogP contribution is -2.09. The normalized spacial score (nSPS) is 12.3. The molecular weight excluding hydrogens is 291 g/mol. The van der Waals surface area contributed by atoms with Crippen molar-refractivity contribution in [2.75, 3.05) is 5.32 Å². The molecule has 100 valence electrons. The third-order valence-electron chi connectivity index (χ3n) is 2.77. The van der Waals surface area contributed by atoms with Gasteiger partial charge < -0.3 is 5.32 Å². The Kier molecular flexibility index (Phi) is 4.27. The van der Waals surface area contributed by atoms with Gasteiger partial charge in [-0.25, -0.2) is 8.78 Å². The molecule has 0 saturated carbocycles. The molecule has 0 heterocycles. The molecule has 1 nitrogen and oxygen atoms in total. The summed E-state index contributed by atoms with van der Waals surface area (Å²) in [7, 11) is 0. The Balaban J connectivity index is 2.28. The Labute approximate surface area is 120 Å². The second kappa shape index (κ2) is 5.76. The molecule has 0 aliphatic heterocycles. The molecule has 1 N–H and O–H groups in total. The third kappa shape index (κ3) is 2.99. The van der Waals surface area contributed by atoms with Crippen LogP contribution >= 0.6 is 23.2 Å². The van der Waals surface area contributed by atoms with Crippen molar-refractivity contribution < 1.29 is 8.78 Å². The van der Waals surface area contributed by atoms with Crippen LogP contribution in [0.15, 0.2) is 36.4 Å². The smallest absolute Gasteiger partial charge is 0.181 e. The van der Waals surface area contributed by atoms with Gasteiger partial charge in [-0.15, -0.1) is 0 Å². The van der Waals surface area contributed by atoms with Gasteiger partial charge in [-0.05, 0) is 30.7 Å². The minimum Gasteiger partial charge on any atom is -0.376 e. The third-order valence-corrected chi connectivity index (χ3v) is 3.61. The maximum atomic E-state index is 13.6. The van der Waals surface area contributed by atoms with Crippen LogP contribution in [0.1, 0.15) is 18.5 Å². The molecule has 0 fully saturated rings. The zero-order valence-corrected chi connectivity index (χ0v) is 11.6. The fourth-order valence-corrected chi connectivity index (χ4v) is 2.25. The van der Waals surface area contributed by atoms with Gasteiger partial charge in [-0.1, -0.05) is 41.4 Å². The zero-order valence-electron chi connectivity index (χ0n) is 10.1. The fourth-order valence-electron chi connectivity index (χ4n) is 1.78. The van der Waals surface area contributed by atoms with Crippen molar-refractivity contribution in [1.82, 2.24) is 0 Å². The average Bonchev–Trinajstić information content (AvgIpc) is 2.38. The maximum Gasteiger partial charge on any atom is 0.181 e. The van der Waals surface area contributed by atoms with Gasteiger partial charge in [-0.3, -0.25) is 0 Å². The topological polar surface area (TPSA) is 12.0 Å². The van der Waals surface area contributed by atoms with Crippen LogP contribution in [-0.4, -0.2) is 0 Å². The second-order valence-electron chi connectivity index (χ2n) is 4.11. The highest BCUT2D eigenvalue weighted by molar-refractivity contribution is 6.42. The van der Waals surface area contributed by atoms with E-state index in [1.807, 2.05) is 0 Å². The van der Waals surface area contributed by atoms with Crippen LogP contribution in [-0.2, 0) is 0 Å². The second-order valence-corrected chi connectivity index (χ2v) is 4.90. The van der Waals surface area contributed by atoms with Gasteiger partial charge in [0.1, 0.15) is 0 Å². The van der Waals surface area contributed by atoms with Crippen LogP contribution in [0.2, 0.25) is 10.0 Å². The predicted molar refractivity (Wildman–Crippen MR) is 74.9 cm³/mol. The van der Waals surface area contributed by atoms with E-state index >= 15 is 0 Å². The Hall–Kier alpha value is -1.32. The van der Waals surface area contributed by atoms with Crippen molar-refractivity contribution in [3.63, 3.8) is 0 Å². The summed E-state index contributed by atoms with van der Waals surface area (Å²) in [6, 6.07) is 8.87. The molecule has 2 rings (SSSR count). The number of hydrogen-bond acceptors (Lipinski definition) is 1. The van der Waals surface area contributed by atoms with Gasteiger partial charge in [0.05, 0.1) is 21.8 Å². The molecule has 0 saturated heterocycles. The highest BCUT2D eigenvalue weighted by Gasteiger charge is 2.14. The largest absolute Gasteiger partial charge is 0.376 e. The summed E-state index contributed by atoms with van der Waals surface area (Å²) < 4.78 is 26.7. The summed E-state index contributed by atoms with van der Waals surface area (Å²) >= 11 is 12.0. The van der Waals surface area contributed by atoms with Gasteiger partial charge in [0.2, 0.25) is 0 Å². The molecule has 2 aromatic rings. The summed E-state index contributed by atoms with van der Waals surface area (Å²) in [6.45, 7) is 1.79. The first-order valence-corrected chi connectivity index (χ1v) is 6.40. The number of hydrogen-bond donors (Lipinski definition) is 1. The minimum absolute atomic E-state index is 0.0866. The number of nitrogens with one attached hydrogen (secondary N) is 1. The van der Waals surface area contributed by atoms with Crippen molar-refractivity contribution in [1.29, 1.82) is 0 Å². The van der Waals surface area contributed by atoms with E-state index in [1.165, 1.54) is 12.1 Å². The molecule has 5 heteroatoms. The monoisotopic (exact) mass is 301 g/mol. The van der Waals surface area contributed by atoms with Crippen LogP contribution in [0.3, 0.4) is 0 Å². The molecule has 0 bridgehead atoms. The van der Waals surface area contributed by atoms with Gasteiger partial charge >= 0.3 is 0 Å². The molecule has 0 aliphatic rings. The lowest BCUT2D eigenvalue weighted by Gasteiger charge is -2.18. The zero-order chi connectivity index (χ0) is 14.0. The van der Waals surface area contributed by atoms with Crippen LogP contribution in [0.25, 0.3) is 0 Å². The number of halogens is 4. The molecule has 1 unspecified atom stereocenters. The number of rotatable bonds is 3. The van der Waals surface area contributed by atoms with Crippen LogP contribution in [0.5, 0.6) is 0 Å². The molecule has 19 heavy (non-hydrogen) atoms. The van der Waals surface area contributed by atoms with Crippen molar-refractivity contribution in [3.8, 4) is 0 Å². The van der Waals surface area contributed by atoms with Crippen molar-refractivity contribution in [2.45, 2.75) is 13.0 Å². The van der Waals surface area contributed by atoms with E-state index in [-0.39, 0.29) is 11.7 Å². The van der Waals surface area contributed by atoms with Crippen molar-refractivity contribution >= 4 is 28.9 Å². The number of anilines is 1. The first kappa shape index (κ1) is 14.1. The molecular formula is C14H11Cl2F2N. The summed E-state index contributed by atoms with van der Waals surface area (Å²) in [4.78, 5) is 0. The first-order chi connectivity index (χ1) is 9.00. The van der Waals surface area contributed by atoms with E-state index in [0.29, 0.717) is 10.0 Å². The van der Waals surface area contributed by atoms with Gasteiger partial charge in [0, 0.05) is 0 Å². The Bertz CT molecular complexity index is 602. The van der Waals surface area contributed by atoms with E-state index in [9.17, 15) is 8.78 Å². The van der Waals surface area contributed by atoms with Crippen LogP contribution in [0.4, 0.5) is 14.5 Å². The molecule has 0 aromatic heterocycles. The fraction of sp³-hybridized carbons (Fsp3) is 0.143. The Morgan fingerprint density at radius 3 is 2.47 bits per heavy atom. The van der Waals surface area contributed by atoms with Crippen molar-refractivity contribution in [3.05, 3.63) is 63.6 Å². The van der Waals surface area contributed by atoms with Gasteiger partial charge in [0.15, 0.2) is 11.6 Å². The summed E-state index contributed by atoms with van der Waals surface area (Å²) in [6.07, 6.45) is 0. The molecule has 2 aromatic carbocycles. The standard InChI is InChI=1S/C14H11Cl2F2N/c1-8(9-4-2-5-10(15)13(9)16)19-12-7-3-6-11(17)14(12)18/h2-8,19H,1H3. The summed E-state index contributed by atoms with van der Waals surface area (Å²) in [5.41, 5.74) is 0.807. The average molecular weight is 302 g/mol. The molecule has 0 amide bonds. The van der Waals surface area contributed by atoms with E-state index in [0.717, 1.165) is 11.6 Å². The predicted octanol–water partition coefficient (Wildman–Crippen LogP) is 5.44. The highest BCUT2D eigenvalue weighted by Crippen LogP contribution is 2.32. The SMILES string of the molecule is CC(Nc1cccc(F)c1F)c1cccc(Cl)c1Cl. The Morgan fingerprint density at radius 2 is 1.74 bits per heavy atom. The van der Waals surface area contributed by atoms with Gasteiger partial charge in [0.25, 0.3) is 0 Å².